The fraction of sp³-hybridized carbons (Fsp3) is 0.438. The van der Waals surface area contributed by atoms with Crippen LogP contribution in [0.1, 0.15) is 44.9 Å². The Hall–Kier alpha value is -1.81. The van der Waals surface area contributed by atoms with Crippen molar-refractivity contribution in [2.45, 2.75) is 45.9 Å². The van der Waals surface area contributed by atoms with Gasteiger partial charge < -0.3 is 14.5 Å². The van der Waals surface area contributed by atoms with Crippen molar-refractivity contribution >= 4 is 0 Å². The Morgan fingerprint density at radius 3 is 2.65 bits per heavy atom. The minimum atomic E-state index is -0.220. The number of nitrogens with zero attached hydrogens (tertiary/aromatic N) is 1. The minimum absolute atomic E-state index is 0.220. The van der Waals surface area contributed by atoms with Gasteiger partial charge in [0.05, 0.1) is 12.5 Å². The van der Waals surface area contributed by atoms with Crippen molar-refractivity contribution in [1.82, 2.24) is 10.3 Å². The Morgan fingerprint density at radius 1 is 1.30 bits per heavy atom. The first kappa shape index (κ1) is 14.6. The van der Waals surface area contributed by atoms with Crippen LogP contribution in [-0.2, 0) is 6.54 Å². The lowest BCUT2D eigenvalue weighted by molar-refractivity contribution is 0.124. The van der Waals surface area contributed by atoms with E-state index >= 15 is 0 Å². The molecule has 0 spiro atoms. The molecule has 0 aliphatic rings. The predicted octanol–water partition coefficient (Wildman–Crippen LogP) is 3.70. The molecule has 0 aromatic carbocycles. The van der Waals surface area contributed by atoms with Crippen molar-refractivity contribution in [3.05, 3.63) is 48.0 Å². The van der Waals surface area contributed by atoms with Gasteiger partial charge in [0.2, 0.25) is 5.88 Å². The number of hydrogen-bond acceptors (Lipinski definition) is 4. The number of furan rings is 1. The van der Waals surface area contributed by atoms with Gasteiger partial charge in [-0.2, -0.15) is 0 Å². The second-order valence-corrected chi connectivity index (χ2v) is 5.88. The van der Waals surface area contributed by atoms with Crippen LogP contribution in [0.3, 0.4) is 0 Å². The lowest BCUT2D eigenvalue weighted by Gasteiger charge is -2.20. The van der Waals surface area contributed by atoms with E-state index < -0.39 is 0 Å². The van der Waals surface area contributed by atoms with Crippen LogP contribution in [0.2, 0.25) is 0 Å². The number of ether oxygens (including phenoxy) is 1. The SMILES string of the molecule is CC(NCc1ccc(OC(C)(C)C)nc1)c1ccoc1. The zero-order valence-electron chi connectivity index (χ0n) is 12.5. The largest absolute Gasteiger partial charge is 0.472 e. The molecule has 0 fully saturated rings. The van der Waals surface area contributed by atoms with Crippen molar-refractivity contribution < 1.29 is 9.15 Å². The molecule has 0 amide bonds. The highest BCUT2D eigenvalue weighted by Crippen LogP contribution is 2.16. The van der Waals surface area contributed by atoms with Crippen molar-refractivity contribution in [2.75, 3.05) is 0 Å². The summed E-state index contributed by atoms with van der Waals surface area (Å²) in [6, 6.07) is 6.16. The van der Waals surface area contributed by atoms with E-state index in [4.69, 9.17) is 9.15 Å². The molecule has 2 aromatic rings. The molecule has 20 heavy (non-hydrogen) atoms. The maximum Gasteiger partial charge on any atom is 0.213 e. The van der Waals surface area contributed by atoms with Crippen LogP contribution in [0.25, 0.3) is 0 Å². The third-order valence-electron chi connectivity index (χ3n) is 2.86. The van der Waals surface area contributed by atoms with Crippen LogP contribution in [0.4, 0.5) is 0 Å². The van der Waals surface area contributed by atoms with Gasteiger partial charge >= 0.3 is 0 Å². The lowest BCUT2D eigenvalue weighted by Crippen LogP contribution is -2.23. The van der Waals surface area contributed by atoms with Crippen molar-refractivity contribution in [3.8, 4) is 5.88 Å². The van der Waals surface area contributed by atoms with E-state index in [0.29, 0.717) is 5.88 Å². The van der Waals surface area contributed by atoms with E-state index in [1.807, 2.05) is 45.2 Å². The summed E-state index contributed by atoms with van der Waals surface area (Å²) in [7, 11) is 0. The van der Waals surface area contributed by atoms with Gasteiger partial charge in [0.1, 0.15) is 5.60 Å². The van der Waals surface area contributed by atoms with Gasteiger partial charge in [-0.1, -0.05) is 6.07 Å². The number of nitrogens with one attached hydrogen (secondary N) is 1. The van der Waals surface area contributed by atoms with E-state index in [9.17, 15) is 0 Å². The monoisotopic (exact) mass is 274 g/mol. The average Bonchev–Trinajstić information content (AvgIpc) is 2.89. The topological polar surface area (TPSA) is 47.3 Å². The van der Waals surface area contributed by atoms with Crippen LogP contribution >= 0.6 is 0 Å². The summed E-state index contributed by atoms with van der Waals surface area (Å²) in [5, 5.41) is 3.43. The average molecular weight is 274 g/mol. The summed E-state index contributed by atoms with van der Waals surface area (Å²) >= 11 is 0. The zero-order valence-corrected chi connectivity index (χ0v) is 12.5. The van der Waals surface area contributed by atoms with E-state index in [1.165, 1.54) is 0 Å². The van der Waals surface area contributed by atoms with Crippen LogP contribution in [-0.4, -0.2) is 10.6 Å². The summed E-state index contributed by atoms with van der Waals surface area (Å²) in [6.45, 7) is 8.90. The maximum absolute atomic E-state index is 5.70. The van der Waals surface area contributed by atoms with Gasteiger partial charge in [0.25, 0.3) is 0 Å². The first-order chi connectivity index (χ1) is 9.44. The number of pyridine rings is 1. The maximum atomic E-state index is 5.70. The molecule has 0 saturated carbocycles. The van der Waals surface area contributed by atoms with Crippen LogP contribution in [0.5, 0.6) is 5.88 Å². The second-order valence-electron chi connectivity index (χ2n) is 5.88. The first-order valence-corrected chi connectivity index (χ1v) is 6.83. The Labute approximate surface area is 120 Å². The molecule has 108 valence electrons. The highest BCUT2D eigenvalue weighted by Gasteiger charge is 2.12. The summed E-state index contributed by atoms with van der Waals surface area (Å²) in [6.07, 6.45) is 5.29. The van der Waals surface area contributed by atoms with Gasteiger partial charge in [-0.15, -0.1) is 0 Å². The molecule has 1 N–H and O–H groups in total. The van der Waals surface area contributed by atoms with Crippen LogP contribution < -0.4 is 10.1 Å². The predicted molar refractivity (Wildman–Crippen MR) is 78.6 cm³/mol. The molecule has 1 unspecified atom stereocenters. The Kier molecular flexibility index (Phi) is 4.45. The van der Waals surface area contributed by atoms with Gasteiger partial charge in [-0.25, -0.2) is 4.98 Å². The first-order valence-electron chi connectivity index (χ1n) is 6.83. The molecule has 2 heterocycles. The normalized spacial score (nSPS) is 13.2. The zero-order chi connectivity index (χ0) is 14.6. The van der Waals surface area contributed by atoms with Crippen LogP contribution in [0, 0.1) is 0 Å². The molecule has 0 aliphatic carbocycles. The van der Waals surface area contributed by atoms with Gasteiger partial charge in [0, 0.05) is 30.4 Å². The van der Waals surface area contributed by atoms with Gasteiger partial charge in [-0.05, 0) is 39.3 Å². The van der Waals surface area contributed by atoms with E-state index in [2.05, 4.69) is 17.2 Å². The molecule has 0 bridgehead atoms. The molecule has 4 nitrogen and oxygen atoms in total. The molecule has 2 aromatic heterocycles. The molecular weight excluding hydrogens is 252 g/mol. The standard InChI is InChI=1S/C16H22N2O2/c1-12(14-7-8-19-11-14)17-9-13-5-6-15(18-10-13)20-16(2,3)4/h5-8,10-12,17H,9H2,1-4H3. The summed E-state index contributed by atoms with van der Waals surface area (Å²) in [5.74, 6) is 0.657. The molecule has 0 radical (unpaired) electrons. The fourth-order valence-electron chi connectivity index (χ4n) is 1.80. The Morgan fingerprint density at radius 2 is 2.10 bits per heavy atom. The van der Waals surface area contributed by atoms with Crippen molar-refractivity contribution in [1.29, 1.82) is 0 Å². The fourth-order valence-corrected chi connectivity index (χ4v) is 1.80. The summed E-state index contributed by atoms with van der Waals surface area (Å²) in [4.78, 5) is 4.32. The van der Waals surface area contributed by atoms with Gasteiger partial charge in [-0.3, -0.25) is 0 Å². The highest BCUT2D eigenvalue weighted by molar-refractivity contribution is 5.19. The minimum Gasteiger partial charge on any atom is -0.472 e. The Balaban J connectivity index is 1.88. The quantitative estimate of drug-likeness (QED) is 0.903. The molecular formula is C16H22N2O2. The Bertz CT molecular complexity index is 512. The number of hydrogen-bond donors (Lipinski definition) is 1. The van der Waals surface area contributed by atoms with E-state index in [0.717, 1.165) is 17.7 Å². The molecule has 0 aliphatic heterocycles. The molecule has 0 saturated heterocycles. The third kappa shape index (κ3) is 4.38. The number of aromatic nitrogens is 1. The number of rotatable bonds is 5. The molecule has 1 atom stereocenters. The summed E-state index contributed by atoms with van der Waals surface area (Å²) in [5.41, 5.74) is 2.05. The summed E-state index contributed by atoms with van der Waals surface area (Å²) < 4.78 is 10.8. The smallest absolute Gasteiger partial charge is 0.213 e. The van der Waals surface area contributed by atoms with Crippen LogP contribution in [0.15, 0.2) is 41.3 Å². The highest BCUT2D eigenvalue weighted by atomic mass is 16.5. The third-order valence-corrected chi connectivity index (χ3v) is 2.86. The van der Waals surface area contributed by atoms with E-state index in [1.54, 1.807) is 12.5 Å². The lowest BCUT2D eigenvalue weighted by atomic mass is 10.1. The van der Waals surface area contributed by atoms with E-state index in [-0.39, 0.29) is 11.6 Å². The molecule has 4 heteroatoms. The molecule has 2 rings (SSSR count). The van der Waals surface area contributed by atoms with Gasteiger partial charge in [0.15, 0.2) is 0 Å². The second kappa shape index (κ2) is 6.09. The van der Waals surface area contributed by atoms with Crippen molar-refractivity contribution in [2.24, 2.45) is 0 Å². The van der Waals surface area contributed by atoms with Crippen molar-refractivity contribution in [3.63, 3.8) is 0 Å².